The SMILES string of the molecule is CCC(C)(CO)CNCc1cccc([N+](=O)[O-])c1. The van der Waals surface area contributed by atoms with E-state index in [1.54, 1.807) is 12.1 Å². The van der Waals surface area contributed by atoms with E-state index in [1.165, 1.54) is 6.07 Å². The van der Waals surface area contributed by atoms with Gasteiger partial charge in [0, 0.05) is 37.2 Å². The molecule has 18 heavy (non-hydrogen) atoms. The molecule has 0 heterocycles. The van der Waals surface area contributed by atoms with Gasteiger partial charge in [-0.05, 0) is 12.0 Å². The largest absolute Gasteiger partial charge is 0.396 e. The molecule has 0 aromatic heterocycles. The van der Waals surface area contributed by atoms with Crippen molar-refractivity contribution in [2.24, 2.45) is 5.41 Å². The highest BCUT2D eigenvalue weighted by Gasteiger charge is 2.20. The molecular formula is C13H20N2O3. The second kappa shape index (κ2) is 6.47. The molecular weight excluding hydrogens is 232 g/mol. The van der Waals surface area contributed by atoms with E-state index in [1.807, 2.05) is 19.9 Å². The molecule has 0 radical (unpaired) electrons. The highest BCUT2D eigenvalue weighted by atomic mass is 16.6. The topological polar surface area (TPSA) is 75.4 Å². The number of aliphatic hydroxyl groups excluding tert-OH is 1. The Hall–Kier alpha value is -1.46. The molecule has 0 spiro atoms. The quantitative estimate of drug-likeness (QED) is 0.575. The first kappa shape index (κ1) is 14.6. The molecule has 100 valence electrons. The Bertz CT molecular complexity index is 403. The number of hydrogen-bond donors (Lipinski definition) is 2. The lowest BCUT2D eigenvalue weighted by atomic mass is 9.88. The van der Waals surface area contributed by atoms with Crippen molar-refractivity contribution in [1.29, 1.82) is 0 Å². The fourth-order valence-corrected chi connectivity index (χ4v) is 1.58. The summed E-state index contributed by atoms with van der Waals surface area (Å²) < 4.78 is 0. The van der Waals surface area contributed by atoms with Crippen LogP contribution in [0, 0.1) is 15.5 Å². The first-order valence-corrected chi connectivity index (χ1v) is 6.05. The van der Waals surface area contributed by atoms with Gasteiger partial charge in [0.2, 0.25) is 0 Å². The maximum Gasteiger partial charge on any atom is 0.269 e. The van der Waals surface area contributed by atoms with E-state index in [2.05, 4.69) is 5.32 Å². The molecule has 0 bridgehead atoms. The Kier molecular flexibility index (Phi) is 5.25. The molecule has 1 atom stereocenters. The van der Waals surface area contributed by atoms with Crippen molar-refractivity contribution < 1.29 is 10.0 Å². The lowest BCUT2D eigenvalue weighted by molar-refractivity contribution is -0.384. The van der Waals surface area contributed by atoms with Gasteiger partial charge in [-0.3, -0.25) is 10.1 Å². The van der Waals surface area contributed by atoms with Gasteiger partial charge in [0.1, 0.15) is 0 Å². The summed E-state index contributed by atoms with van der Waals surface area (Å²) in [4.78, 5) is 10.2. The molecule has 0 aliphatic heterocycles. The number of rotatable bonds is 7. The van der Waals surface area contributed by atoms with Crippen LogP contribution in [0.5, 0.6) is 0 Å². The number of hydrogen-bond acceptors (Lipinski definition) is 4. The highest BCUT2D eigenvalue weighted by Crippen LogP contribution is 2.19. The zero-order valence-corrected chi connectivity index (χ0v) is 10.8. The molecule has 1 rings (SSSR count). The van der Waals surface area contributed by atoms with Crippen molar-refractivity contribution in [1.82, 2.24) is 5.32 Å². The van der Waals surface area contributed by atoms with Gasteiger partial charge in [-0.2, -0.15) is 0 Å². The molecule has 1 aromatic rings. The Morgan fingerprint density at radius 1 is 1.50 bits per heavy atom. The second-order valence-corrected chi connectivity index (χ2v) is 4.85. The van der Waals surface area contributed by atoms with E-state index in [0.717, 1.165) is 12.0 Å². The Morgan fingerprint density at radius 3 is 2.78 bits per heavy atom. The molecule has 5 nitrogen and oxygen atoms in total. The van der Waals surface area contributed by atoms with Gasteiger partial charge in [-0.25, -0.2) is 0 Å². The maximum atomic E-state index is 10.6. The molecule has 2 N–H and O–H groups in total. The Morgan fingerprint density at radius 2 is 2.22 bits per heavy atom. The third-order valence-electron chi connectivity index (χ3n) is 3.24. The number of nitrogens with one attached hydrogen (secondary N) is 1. The van der Waals surface area contributed by atoms with Crippen molar-refractivity contribution in [2.75, 3.05) is 13.2 Å². The number of nitro groups is 1. The summed E-state index contributed by atoms with van der Waals surface area (Å²) in [5.41, 5.74) is 0.844. The Balaban J connectivity index is 2.54. The van der Waals surface area contributed by atoms with E-state index in [0.29, 0.717) is 13.1 Å². The summed E-state index contributed by atoms with van der Waals surface area (Å²) in [6.45, 7) is 5.42. The van der Waals surface area contributed by atoms with Crippen LogP contribution in [0.3, 0.4) is 0 Å². The monoisotopic (exact) mass is 252 g/mol. The van der Waals surface area contributed by atoms with E-state index < -0.39 is 4.92 Å². The molecule has 0 saturated heterocycles. The number of aliphatic hydroxyl groups is 1. The summed E-state index contributed by atoms with van der Waals surface area (Å²) in [6, 6.07) is 6.57. The maximum absolute atomic E-state index is 10.6. The van der Waals surface area contributed by atoms with Crippen LogP contribution in [0.2, 0.25) is 0 Å². The predicted octanol–water partition coefficient (Wildman–Crippen LogP) is 2.09. The van der Waals surface area contributed by atoms with E-state index in [9.17, 15) is 15.2 Å². The minimum atomic E-state index is -0.395. The van der Waals surface area contributed by atoms with Gasteiger partial charge >= 0.3 is 0 Å². The second-order valence-electron chi connectivity index (χ2n) is 4.85. The van der Waals surface area contributed by atoms with Crippen molar-refractivity contribution >= 4 is 5.69 Å². The van der Waals surface area contributed by atoms with Gasteiger partial charge in [-0.15, -0.1) is 0 Å². The summed E-state index contributed by atoms with van der Waals surface area (Å²) in [7, 11) is 0. The van der Waals surface area contributed by atoms with E-state index in [-0.39, 0.29) is 17.7 Å². The summed E-state index contributed by atoms with van der Waals surface area (Å²) in [6.07, 6.45) is 0.880. The smallest absolute Gasteiger partial charge is 0.269 e. The van der Waals surface area contributed by atoms with Crippen molar-refractivity contribution in [3.05, 3.63) is 39.9 Å². The lowest BCUT2D eigenvalue weighted by Crippen LogP contribution is -2.34. The Labute approximate surface area is 107 Å². The summed E-state index contributed by atoms with van der Waals surface area (Å²) in [5, 5.41) is 23.1. The fraction of sp³-hybridized carbons (Fsp3) is 0.538. The normalized spacial score (nSPS) is 14.2. The van der Waals surface area contributed by atoms with Gasteiger partial charge in [0.05, 0.1) is 4.92 Å². The fourth-order valence-electron chi connectivity index (χ4n) is 1.58. The van der Waals surface area contributed by atoms with Crippen molar-refractivity contribution in [3.63, 3.8) is 0 Å². The molecule has 0 amide bonds. The zero-order chi connectivity index (χ0) is 13.6. The third kappa shape index (κ3) is 4.09. The average Bonchev–Trinajstić information content (AvgIpc) is 2.39. The van der Waals surface area contributed by atoms with Crippen LogP contribution in [0.25, 0.3) is 0 Å². The number of nitrogens with zero attached hydrogens (tertiary/aromatic N) is 1. The van der Waals surface area contributed by atoms with Gasteiger partial charge < -0.3 is 10.4 Å². The van der Waals surface area contributed by atoms with Crippen LogP contribution < -0.4 is 5.32 Å². The average molecular weight is 252 g/mol. The summed E-state index contributed by atoms with van der Waals surface area (Å²) in [5.74, 6) is 0. The first-order valence-electron chi connectivity index (χ1n) is 6.05. The van der Waals surface area contributed by atoms with Crippen LogP contribution in [-0.4, -0.2) is 23.2 Å². The van der Waals surface area contributed by atoms with Crippen LogP contribution in [0.1, 0.15) is 25.8 Å². The van der Waals surface area contributed by atoms with Gasteiger partial charge in [-0.1, -0.05) is 26.0 Å². The molecule has 1 aromatic carbocycles. The van der Waals surface area contributed by atoms with Gasteiger partial charge in [0.15, 0.2) is 0 Å². The van der Waals surface area contributed by atoms with Crippen LogP contribution >= 0.6 is 0 Å². The van der Waals surface area contributed by atoms with E-state index >= 15 is 0 Å². The number of benzene rings is 1. The summed E-state index contributed by atoms with van der Waals surface area (Å²) >= 11 is 0. The molecule has 0 aliphatic carbocycles. The molecule has 0 fully saturated rings. The zero-order valence-electron chi connectivity index (χ0n) is 10.8. The highest BCUT2D eigenvalue weighted by molar-refractivity contribution is 5.34. The lowest BCUT2D eigenvalue weighted by Gasteiger charge is -2.25. The predicted molar refractivity (Wildman–Crippen MR) is 70.3 cm³/mol. The number of nitro benzene ring substituents is 1. The number of non-ortho nitro benzene ring substituents is 1. The molecule has 0 saturated carbocycles. The molecule has 1 unspecified atom stereocenters. The van der Waals surface area contributed by atoms with Crippen LogP contribution in [-0.2, 0) is 6.54 Å². The third-order valence-corrected chi connectivity index (χ3v) is 3.24. The standard InChI is InChI=1S/C13H20N2O3/c1-3-13(2,10-16)9-14-8-11-5-4-6-12(7-11)15(17)18/h4-7,14,16H,3,8-10H2,1-2H3. The molecule has 0 aliphatic rings. The minimum absolute atomic E-state index is 0.106. The first-order chi connectivity index (χ1) is 8.50. The minimum Gasteiger partial charge on any atom is -0.396 e. The van der Waals surface area contributed by atoms with E-state index in [4.69, 9.17) is 0 Å². The van der Waals surface area contributed by atoms with Crippen molar-refractivity contribution in [3.8, 4) is 0 Å². The van der Waals surface area contributed by atoms with Gasteiger partial charge in [0.25, 0.3) is 5.69 Å². The molecule has 5 heteroatoms. The van der Waals surface area contributed by atoms with Crippen molar-refractivity contribution in [2.45, 2.75) is 26.8 Å². The van der Waals surface area contributed by atoms with Crippen LogP contribution in [0.4, 0.5) is 5.69 Å². The van der Waals surface area contributed by atoms with Crippen LogP contribution in [0.15, 0.2) is 24.3 Å².